The molecule has 96 valence electrons. The van der Waals surface area contributed by atoms with Gasteiger partial charge >= 0.3 is 0 Å². The number of carbonyl (C=O) groups is 1. The molecule has 1 atom stereocenters. The van der Waals surface area contributed by atoms with Gasteiger partial charge in [-0.05, 0) is 31.4 Å². The monoisotopic (exact) mass is 277 g/mol. The highest BCUT2D eigenvalue weighted by atomic mass is 35.5. The highest BCUT2D eigenvalue weighted by molar-refractivity contribution is 6.30. The van der Waals surface area contributed by atoms with E-state index in [9.17, 15) is 4.79 Å². The van der Waals surface area contributed by atoms with Gasteiger partial charge in [-0.2, -0.15) is 0 Å². The van der Waals surface area contributed by atoms with Gasteiger partial charge in [-0.25, -0.2) is 0 Å². The first kappa shape index (κ1) is 14.4. The molecule has 1 fully saturated rings. The second-order valence-corrected chi connectivity index (χ2v) is 4.66. The number of piperidine rings is 1. The van der Waals surface area contributed by atoms with Gasteiger partial charge in [-0.1, -0.05) is 11.6 Å². The average molecular weight is 278 g/mol. The molecule has 3 N–H and O–H groups in total. The van der Waals surface area contributed by atoms with E-state index >= 15 is 0 Å². The van der Waals surface area contributed by atoms with Crippen molar-refractivity contribution in [1.82, 2.24) is 9.88 Å². The highest BCUT2D eigenvalue weighted by Crippen LogP contribution is 2.18. The number of H-pyrrole nitrogens is 1. The maximum absolute atomic E-state index is 12.1. The Hall–Kier alpha value is -0.710. The number of hydrogen-bond acceptors (Lipinski definition) is 2. The number of aromatic nitrogens is 1. The van der Waals surface area contributed by atoms with Gasteiger partial charge in [0.25, 0.3) is 5.91 Å². The van der Waals surface area contributed by atoms with Crippen LogP contribution < -0.4 is 5.73 Å². The van der Waals surface area contributed by atoms with Crippen LogP contribution in [0.15, 0.2) is 12.3 Å². The number of rotatable bonds is 2. The fraction of sp³-hybridized carbons (Fsp3) is 0.545. The van der Waals surface area contributed by atoms with Crippen LogP contribution in [-0.2, 0) is 0 Å². The molecule has 4 nitrogen and oxygen atoms in total. The lowest BCUT2D eigenvalue weighted by atomic mass is 9.98. The summed E-state index contributed by atoms with van der Waals surface area (Å²) in [4.78, 5) is 16.8. The maximum atomic E-state index is 12.1. The van der Waals surface area contributed by atoms with Crippen LogP contribution in [0.2, 0.25) is 5.02 Å². The molecule has 1 aromatic rings. The van der Waals surface area contributed by atoms with Gasteiger partial charge in [0.15, 0.2) is 0 Å². The van der Waals surface area contributed by atoms with Crippen LogP contribution in [-0.4, -0.2) is 35.4 Å². The summed E-state index contributed by atoms with van der Waals surface area (Å²) in [6.07, 6.45) is 3.77. The predicted octanol–water partition coefficient (Wildman–Crippen LogP) is 1.90. The normalized spacial score (nSPS) is 19.9. The Balaban J connectivity index is 0.00000144. The molecule has 1 saturated heterocycles. The molecule has 1 aliphatic heterocycles. The quantitative estimate of drug-likeness (QED) is 0.868. The lowest BCUT2D eigenvalue weighted by Crippen LogP contribution is -2.42. The third-order valence-electron chi connectivity index (χ3n) is 3.02. The number of nitrogens with one attached hydrogen (secondary N) is 1. The van der Waals surface area contributed by atoms with Crippen LogP contribution in [0.3, 0.4) is 0 Å². The minimum atomic E-state index is 0. The molecule has 2 heterocycles. The second kappa shape index (κ2) is 6.28. The zero-order valence-corrected chi connectivity index (χ0v) is 11.1. The molecule has 1 amide bonds. The zero-order valence-electron chi connectivity index (χ0n) is 9.49. The fourth-order valence-corrected chi connectivity index (χ4v) is 2.27. The van der Waals surface area contributed by atoms with E-state index in [1.165, 1.54) is 0 Å². The SMILES string of the molecule is Cl.NCC1CCCN(C(=O)c2cc(Cl)c[nH]2)C1. The van der Waals surface area contributed by atoms with E-state index in [0.29, 0.717) is 23.2 Å². The summed E-state index contributed by atoms with van der Waals surface area (Å²) >= 11 is 5.78. The number of aromatic amines is 1. The summed E-state index contributed by atoms with van der Waals surface area (Å²) in [5.74, 6) is 0.452. The standard InChI is InChI=1S/C11H16ClN3O.ClH/c12-9-4-10(14-6-9)11(16)15-3-1-2-8(5-13)7-15;/h4,6,8,14H,1-3,5,7,13H2;1H. The molecule has 1 aromatic heterocycles. The molecule has 2 rings (SSSR count). The summed E-state index contributed by atoms with van der Waals surface area (Å²) in [5.41, 5.74) is 6.20. The Kier molecular flexibility index (Phi) is 5.31. The molecular weight excluding hydrogens is 261 g/mol. The smallest absolute Gasteiger partial charge is 0.270 e. The van der Waals surface area contributed by atoms with E-state index < -0.39 is 0 Å². The van der Waals surface area contributed by atoms with Crippen LogP contribution >= 0.6 is 24.0 Å². The minimum Gasteiger partial charge on any atom is -0.356 e. The van der Waals surface area contributed by atoms with Gasteiger partial charge in [0, 0.05) is 19.3 Å². The Morgan fingerprint density at radius 1 is 1.65 bits per heavy atom. The lowest BCUT2D eigenvalue weighted by molar-refractivity contribution is 0.0673. The molecule has 1 aliphatic rings. The molecular formula is C11H17Cl2N3O. The van der Waals surface area contributed by atoms with Gasteiger partial charge in [0.05, 0.1) is 5.02 Å². The first-order valence-corrected chi connectivity index (χ1v) is 5.91. The summed E-state index contributed by atoms with van der Waals surface area (Å²) in [7, 11) is 0. The van der Waals surface area contributed by atoms with Gasteiger partial charge in [-0.3, -0.25) is 4.79 Å². The van der Waals surface area contributed by atoms with E-state index in [4.69, 9.17) is 17.3 Å². The van der Waals surface area contributed by atoms with Gasteiger partial charge < -0.3 is 15.6 Å². The Bertz CT molecular complexity index is 381. The van der Waals surface area contributed by atoms with Gasteiger partial charge in [0.2, 0.25) is 0 Å². The molecule has 0 bridgehead atoms. The van der Waals surface area contributed by atoms with Crippen molar-refractivity contribution in [3.8, 4) is 0 Å². The lowest BCUT2D eigenvalue weighted by Gasteiger charge is -2.31. The van der Waals surface area contributed by atoms with E-state index in [2.05, 4.69) is 4.98 Å². The molecule has 0 radical (unpaired) electrons. The van der Waals surface area contributed by atoms with Crippen LogP contribution in [0.1, 0.15) is 23.3 Å². The Morgan fingerprint density at radius 2 is 2.41 bits per heavy atom. The first-order valence-electron chi connectivity index (χ1n) is 5.54. The largest absolute Gasteiger partial charge is 0.356 e. The Morgan fingerprint density at radius 3 is 3.00 bits per heavy atom. The summed E-state index contributed by atoms with van der Waals surface area (Å²) in [6, 6.07) is 1.66. The van der Waals surface area contributed by atoms with Crippen molar-refractivity contribution in [1.29, 1.82) is 0 Å². The number of amides is 1. The number of nitrogens with two attached hydrogens (primary N) is 1. The number of hydrogen-bond donors (Lipinski definition) is 2. The molecule has 17 heavy (non-hydrogen) atoms. The summed E-state index contributed by atoms with van der Waals surface area (Å²) < 4.78 is 0. The third kappa shape index (κ3) is 3.37. The minimum absolute atomic E-state index is 0. The second-order valence-electron chi connectivity index (χ2n) is 4.23. The van der Waals surface area contributed by atoms with Gasteiger partial charge in [-0.15, -0.1) is 12.4 Å². The predicted molar refractivity (Wildman–Crippen MR) is 70.7 cm³/mol. The average Bonchev–Trinajstić information content (AvgIpc) is 2.75. The van der Waals surface area contributed by atoms with Crippen molar-refractivity contribution in [2.24, 2.45) is 11.7 Å². The highest BCUT2D eigenvalue weighted by Gasteiger charge is 2.24. The Labute approximate surface area is 112 Å². The molecule has 0 saturated carbocycles. The maximum Gasteiger partial charge on any atom is 0.270 e. The van der Waals surface area contributed by atoms with E-state index in [1.54, 1.807) is 12.3 Å². The van der Waals surface area contributed by atoms with Crippen LogP contribution in [0.25, 0.3) is 0 Å². The van der Waals surface area contributed by atoms with Crippen LogP contribution in [0, 0.1) is 5.92 Å². The van der Waals surface area contributed by atoms with Crippen LogP contribution in [0.5, 0.6) is 0 Å². The van der Waals surface area contributed by atoms with E-state index in [0.717, 1.165) is 25.9 Å². The third-order valence-corrected chi connectivity index (χ3v) is 3.24. The van der Waals surface area contributed by atoms with Crippen molar-refractivity contribution < 1.29 is 4.79 Å². The van der Waals surface area contributed by atoms with Crippen molar-refractivity contribution in [3.63, 3.8) is 0 Å². The van der Waals surface area contributed by atoms with Crippen molar-refractivity contribution >= 4 is 29.9 Å². The van der Waals surface area contributed by atoms with Gasteiger partial charge in [0.1, 0.15) is 5.69 Å². The van der Waals surface area contributed by atoms with Crippen molar-refractivity contribution in [2.75, 3.05) is 19.6 Å². The van der Waals surface area contributed by atoms with Crippen molar-refractivity contribution in [3.05, 3.63) is 23.0 Å². The topological polar surface area (TPSA) is 62.1 Å². The van der Waals surface area contributed by atoms with Crippen LogP contribution in [0.4, 0.5) is 0 Å². The molecule has 0 aromatic carbocycles. The van der Waals surface area contributed by atoms with E-state index in [1.807, 2.05) is 4.90 Å². The summed E-state index contributed by atoms with van der Waals surface area (Å²) in [6.45, 7) is 2.22. The number of likely N-dealkylation sites (tertiary alicyclic amines) is 1. The number of halogens is 2. The molecule has 6 heteroatoms. The van der Waals surface area contributed by atoms with E-state index in [-0.39, 0.29) is 18.3 Å². The molecule has 0 spiro atoms. The van der Waals surface area contributed by atoms with Crippen molar-refractivity contribution in [2.45, 2.75) is 12.8 Å². The zero-order chi connectivity index (χ0) is 11.5. The first-order chi connectivity index (χ1) is 7.70. The number of nitrogens with zero attached hydrogens (tertiary/aromatic N) is 1. The molecule has 1 unspecified atom stereocenters. The molecule has 0 aliphatic carbocycles. The summed E-state index contributed by atoms with van der Waals surface area (Å²) in [5, 5.41) is 0.565. The number of carbonyl (C=O) groups excluding carboxylic acids is 1. The fourth-order valence-electron chi connectivity index (χ4n) is 2.10.